The summed E-state index contributed by atoms with van der Waals surface area (Å²) in [5, 5.41) is 0.493. The SMILES string of the molecule is Nc1cc(Cl)nc(N2CC3CCCC3C2)c1. The number of hydrogen-bond donors (Lipinski definition) is 1. The van der Waals surface area contributed by atoms with Gasteiger partial charge in [-0.2, -0.15) is 0 Å². The second-order valence-corrected chi connectivity index (χ2v) is 5.32. The zero-order chi connectivity index (χ0) is 11.1. The molecule has 0 radical (unpaired) electrons. The van der Waals surface area contributed by atoms with Crippen LogP contribution < -0.4 is 10.6 Å². The van der Waals surface area contributed by atoms with Gasteiger partial charge in [-0.05, 0) is 30.7 Å². The Morgan fingerprint density at radius 2 is 1.94 bits per heavy atom. The molecule has 0 aromatic carbocycles. The highest BCUT2D eigenvalue weighted by Gasteiger charge is 2.36. The third-order valence-corrected chi connectivity index (χ3v) is 4.05. The van der Waals surface area contributed by atoms with Crippen molar-refractivity contribution in [2.75, 3.05) is 23.7 Å². The summed E-state index contributed by atoms with van der Waals surface area (Å²) in [6.07, 6.45) is 4.14. The van der Waals surface area contributed by atoms with Crippen molar-refractivity contribution in [1.82, 2.24) is 4.98 Å². The van der Waals surface area contributed by atoms with E-state index in [9.17, 15) is 0 Å². The maximum atomic E-state index is 5.93. The largest absolute Gasteiger partial charge is 0.399 e. The molecule has 1 saturated carbocycles. The van der Waals surface area contributed by atoms with Gasteiger partial charge in [-0.25, -0.2) is 4.98 Å². The molecule has 2 atom stereocenters. The van der Waals surface area contributed by atoms with Crippen LogP contribution in [0.5, 0.6) is 0 Å². The van der Waals surface area contributed by atoms with Crippen LogP contribution in [0.1, 0.15) is 19.3 Å². The second kappa shape index (κ2) is 3.81. The van der Waals surface area contributed by atoms with Crippen LogP contribution >= 0.6 is 11.6 Å². The second-order valence-electron chi connectivity index (χ2n) is 4.94. The van der Waals surface area contributed by atoms with Crippen molar-refractivity contribution in [2.45, 2.75) is 19.3 Å². The average Bonchev–Trinajstić information content (AvgIpc) is 2.74. The van der Waals surface area contributed by atoms with Crippen LogP contribution in [-0.2, 0) is 0 Å². The van der Waals surface area contributed by atoms with Crippen LogP contribution in [0.25, 0.3) is 0 Å². The molecule has 2 aliphatic rings. The summed E-state index contributed by atoms with van der Waals surface area (Å²) in [4.78, 5) is 6.68. The molecule has 2 fully saturated rings. The first kappa shape index (κ1) is 10.2. The number of anilines is 2. The van der Waals surface area contributed by atoms with Gasteiger partial charge in [0.05, 0.1) is 0 Å². The molecule has 0 bridgehead atoms. The zero-order valence-electron chi connectivity index (χ0n) is 9.19. The van der Waals surface area contributed by atoms with Gasteiger partial charge in [0.1, 0.15) is 11.0 Å². The molecular weight excluding hydrogens is 222 g/mol. The topological polar surface area (TPSA) is 42.1 Å². The number of pyridine rings is 1. The standard InChI is InChI=1S/C12H16ClN3/c13-11-4-10(14)5-12(15-11)16-6-8-2-1-3-9(8)7-16/h4-5,8-9H,1-3,6-7H2,(H2,14,15). The van der Waals surface area contributed by atoms with E-state index in [1.165, 1.54) is 19.3 Å². The first-order chi connectivity index (χ1) is 7.72. The highest BCUT2D eigenvalue weighted by Crippen LogP contribution is 2.39. The normalized spacial score (nSPS) is 28.4. The van der Waals surface area contributed by atoms with E-state index >= 15 is 0 Å². The van der Waals surface area contributed by atoms with Gasteiger partial charge in [-0.3, -0.25) is 0 Å². The summed E-state index contributed by atoms with van der Waals surface area (Å²) in [5.74, 6) is 2.67. The summed E-state index contributed by atoms with van der Waals surface area (Å²) < 4.78 is 0. The van der Waals surface area contributed by atoms with Crippen LogP contribution in [0.3, 0.4) is 0 Å². The number of aromatic nitrogens is 1. The highest BCUT2D eigenvalue weighted by atomic mass is 35.5. The Morgan fingerprint density at radius 3 is 2.56 bits per heavy atom. The Kier molecular flexibility index (Phi) is 2.43. The Labute approximate surface area is 101 Å². The van der Waals surface area contributed by atoms with Crippen LogP contribution in [0.15, 0.2) is 12.1 Å². The third-order valence-electron chi connectivity index (χ3n) is 3.85. The van der Waals surface area contributed by atoms with Crippen LogP contribution in [0.4, 0.5) is 11.5 Å². The molecule has 4 heteroatoms. The van der Waals surface area contributed by atoms with Gasteiger partial charge in [0.25, 0.3) is 0 Å². The predicted molar refractivity (Wildman–Crippen MR) is 66.7 cm³/mol. The number of fused-ring (bicyclic) bond motifs is 1. The quantitative estimate of drug-likeness (QED) is 0.764. The molecule has 0 spiro atoms. The van der Waals surface area contributed by atoms with E-state index in [1.807, 2.05) is 6.07 Å². The molecule has 2 unspecified atom stereocenters. The Hall–Kier alpha value is -0.960. The van der Waals surface area contributed by atoms with E-state index in [0.717, 1.165) is 30.7 Å². The van der Waals surface area contributed by atoms with Crippen molar-refractivity contribution in [3.8, 4) is 0 Å². The lowest BCUT2D eigenvalue weighted by Crippen LogP contribution is -2.22. The van der Waals surface area contributed by atoms with Crippen LogP contribution in [0, 0.1) is 11.8 Å². The summed E-state index contributed by atoms with van der Waals surface area (Å²) in [7, 11) is 0. The van der Waals surface area contributed by atoms with E-state index in [4.69, 9.17) is 17.3 Å². The molecular formula is C12H16ClN3. The van der Waals surface area contributed by atoms with E-state index in [-0.39, 0.29) is 0 Å². The van der Waals surface area contributed by atoms with Crippen molar-refractivity contribution in [3.05, 3.63) is 17.3 Å². The van der Waals surface area contributed by atoms with Gasteiger partial charge in [-0.1, -0.05) is 18.0 Å². The van der Waals surface area contributed by atoms with Crippen molar-refractivity contribution in [3.63, 3.8) is 0 Å². The number of hydrogen-bond acceptors (Lipinski definition) is 3. The van der Waals surface area contributed by atoms with Gasteiger partial charge in [0, 0.05) is 24.8 Å². The molecule has 1 saturated heterocycles. The summed E-state index contributed by atoms with van der Waals surface area (Å²) in [6, 6.07) is 3.62. The van der Waals surface area contributed by atoms with Crippen molar-refractivity contribution >= 4 is 23.1 Å². The van der Waals surface area contributed by atoms with Crippen molar-refractivity contribution < 1.29 is 0 Å². The fourth-order valence-corrected chi connectivity index (χ4v) is 3.30. The molecule has 86 valence electrons. The fourth-order valence-electron chi connectivity index (χ4n) is 3.09. The molecule has 1 aromatic rings. The van der Waals surface area contributed by atoms with E-state index in [1.54, 1.807) is 6.07 Å². The monoisotopic (exact) mass is 237 g/mol. The number of nitrogen functional groups attached to an aromatic ring is 1. The van der Waals surface area contributed by atoms with Gasteiger partial charge >= 0.3 is 0 Å². The summed E-state index contributed by atoms with van der Waals surface area (Å²) in [5.41, 5.74) is 6.49. The Morgan fingerprint density at radius 1 is 1.25 bits per heavy atom. The summed E-state index contributed by atoms with van der Waals surface area (Å²) >= 11 is 5.93. The lowest BCUT2D eigenvalue weighted by atomic mass is 10.0. The van der Waals surface area contributed by atoms with Crippen molar-refractivity contribution in [2.24, 2.45) is 11.8 Å². The number of nitrogens with two attached hydrogens (primary N) is 1. The molecule has 2 heterocycles. The molecule has 3 rings (SSSR count). The van der Waals surface area contributed by atoms with Gasteiger partial charge in [0.2, 0.25) is 0 Å². The zero-order valence-corrected chi connectivity index (χ0v) is 9.95. The third kappa shape index (κ3) is 1.73. The minimum atomic E-state index is 0.493. The lowest BCUT2D eigenvalue weighted by molar-refractivity contribution is 0.494. The first-order valence-corrected chi connectivity index (χ1v) is 6.28. The average molecular weight is 238 g/mol. The summed E-state index contributed by atoms with van der Waals surface area (Å²) in [6.45, 7) is 2.24. The van der Waals surface area contributed by atoms with Crippen LogP contribution in [0.2, 0.25) is 5.15 Å². The van der Waals surface area contributed by atoms with E-state index < -0.39 is 0 Å². The maximum absolute atomic E-state index is 5.93. The predicted octanol–water partition coefficient (Wildman–Crippen LogP) is 2.55. The van der Waals surface area contributed by atoms with Gasteiger partial charge in [-0.15, -0.1) is 0 Å². The number of rotatable bonds is 1. The molecule has 3 nitrogen and oxygen atoms in total. The van der Waals surface area contributed by atoms with E-state index in [2.05, 4.69) is 9.88 Å². The molecule has 1 aliphatic heterocycles. The van der Waals surface area contributed by atoms with Crippen molar-refractivity contribution in [1.29, 1.82) is 0 Å². The molecule has 0 amide bonds. The molecule has 1 aliphatic carbocycles. The van der Waals surface area contributed by atoms with Crippen LogP contribution in [-0.4, -0.2) is 18.1 Å². The Balaban J connectivity index is 1.83. The lowest BCUT2D eigenvalue weighted by Gasteiger charge is -2.18. The fraction of sp³-hybridized carbons (Fsp3) is 0.583. The molecule has 1 aromatic heterocycles. The smallest absolute Gasteiger partial charge is 0.133 e. The minimum absolute atomic E-state index is 0.493. The molecule has 2 N–H and O–H groups in total. The minimum Gasteiger partial charge on any atom is -0.399 e. The maximum Gasteiger partial charge on any atom is 0.133 e. The first-order valence-electron chi connectivity index (χ1n) is 5.90. The Bertz CT molecular complexity index is 375. The van der Waals surface area contributed by atoms with Gasteiger partial charge < -0.3 is 10.6 Å². The van der Waals surface area contributed by atoms with Gasteiger partial charge in [0.15, 0.2) is 0 Å². The molecule has 16 heavy (non-hydrogen) atoms. The number of nitrogens with zero attached hydrogens (tertiary/aromatic N) is 2. The highest BCUT2D eigenvalue weighted by molar-refractivity contribution is 6.29. The van der Waals surface area contributed by atoms with E-state index in [0.29, 0.717) is 10.8 Å². The number of halogens is 1.